The number of hydrogen-bond donors (Lipinski definition) is 1. The average Bonchev–Trinajstić information content (AvgIpc) is 2.07. The van der Waals surface area contributed by atoms with E-state index < -0.39 is 0 Å². The molecular weight excluding hydrogens is 176 g/mol. The third-order valence-corrected chi connectivity index (χ3v) is 2.44. The zero-order valence-corrected chi connectivity index (χ0v) is 7.87. The molecule has 3 nitrogen and oxygen atoms in total. The minimum absolute atomic E-state index is 0.0481. The average molecular weight is 186 g/mol. The second-order valence-electron chi connectivity index (χ2n) is 3.45. The molecule has 1 aliphatic carbocycles. The second-order valence-corrected chi connectivity index (χ2v) is 3.45. The molecule has 0 radical (unpaired) electrons. The van der Waals surface area contributed by atoms with Crippen LogP contribution in [0.1, 0.15) is 24.0 Å². The van der Waals surface area contributed by atoms with E-state index >= 15 is 0 Å². The fourth-order valence-electron chi connectivity index (χ4n) is 1.80. The minimum atomic E-state index is -0.0954. The molecule has 1 amide bonds. The summed E-state index contributed by atoms with van der Waals surface area (Å²) in [6, 6.07) is 7.95. The highest BCUT2D eigenvalue weighted by Gasteiger charge is 2.28. The Morgan fingerprint density at radius 2 is 2.43 bits per heavy atom. The van der Waals surface area contributed by atoms with E-state index in [0.29, 0.717) is 0 Å². The Kier molecular flexibility index (Phi) is 1.97. The molecule has 0 bridgehead atoms. The van der Waals surface area contributed by atoms with Crippen molar-refractivity contribution in [2.75, 3.05) is 5.32 Å². The highest BCUT2D eigenvalue weighted by atomic mass is 16.1. The van der Waals surface area contributed by atoms with Gasteiger partial charge in [0.05, 0.1) is 12.0 Å². The van der Waals surface area contributed by atoms with Gasteiger partial charge < -0.3 is 5.32 Å². The molecule has 1 atom stereocenters. The molecule has 1 aromatic carbocycles. The summed E-state index contributed by atoms with van der Waals surface area (Å²) in [5.41, 5.74) is 2.95. The van der Waals surface area contributed by atoms with Gasteiger partial charge in [-0.05, 0) is 23.6 Å². The summed E-state index contributed by atoms with van der Waals surface area (Å²) in [5.74, 6) is -0.143. The number of rotatable bonds is 1. The van der Waals surface area contributed by atoms with E-state index in [9.17, 15) is 4.79 Å². The SMILES string of the molecule is CC(=O)Nc1cccc2c1[C@H](C#N)C2. The van der Waals surface area contributed by atoms with E-state index in [2.05, 4.69) is 11.4 Å². The minimum Gasteiger partial charge on any atom is -0.326 e. The van der Waals surface area contributed by atoms with Crippen molar-refractivity contribution < 1.29 is 4.79 Å². The number of nitrogens with one attached hydrogen (secondary N) is 1. The van der Waals surface area contributed by atoms with Crippen molar-refractivity contribution in [1.82, 2.24) is 0 Å². The molecule has 0 fully saturated rings. The molecule has 0 saturated carbocycles. The predicted molar refractivity (Wildman–Crippen MR) is 52.8 cm³/mol. The van der Waals surface area contributed by atoms with Gasteiger partial charge in [0.2, 0.25) is 5.91 Å². The Labute approximate surface area is 82.4 Å². The summed E-state index contributed by atoms with van der Waals surface area (Å²) < 4.78 is 0. The van der Waals surface area contributed by atoms with Crippen LogP contribution in [0.2, 0.25) is 0 Å². The topological polar surface area (TPSA) is 52.9 Å². The number of carbonyl (C=O) groups excluding carboxylic acids is 1. The van der Waals surface area contributed by atoms with Crippen LogP contribution in [0.25, 0.3) is 0 Å². The van der Waals surface area contributed by atoms with Crippen LogP contribution < -0.4 is 5.32 Å². The van der Waals surface area contributed by atoms with Crippen LogP contribution >= 0.6 is 0 Å². The summed E-state index contributed by atoms with van der Waals surface area (Å²) in [6.07, 6.45) is 0.805. The van der Waals surface area contributed by atoms with Crippen molar-refractivity contribution in [2.45, 2.75) is 19.3 Å². The van der Waals surface area contributed by atoms with Crippen molar-refractivity contribution in [3.05, 3.63) is 29.3 Å². The van der Waals surface area contributed by atoms with E-state index in [1.54, 1.807) is 0 Å². The number of fused-ring (bicyclic) bond motifs is 1. The van der Waals surface area contributed by atoms with Crippen LogP contribution in [-0.2, 0) is 11.2 Å². The van der Waals surface area contributed by atoms with Gasteiger partial charge in [-0.25, -0.2) is 0 Å². The lowest BCUT2D eigenvalue weighted by atomic mass is 9.77. The van der Waals surface area contributed by atoms with Crippen molar-refractivity contribution in [3.63, 3.8) is 0 Å². The zero-order valence-electron chi connectivity index (χ0n) is 7.87. The van der Waals surface area contributed by atoms with Gasteiger partial charge in [0, 0.05) is 12.6 Å². The van der Waals surface area contributed by atoms with Gasteiger partial charge >= 0.3 is 0 Å². The first-order valence-electron chi connectivity index (χ1n) is 4.51. The molecule has 14 heavy (non-hydrogen) atoms. The molecule has 0 heterocycles. The maximum absolute atomic E-state index is 10.9. The summed E-state index contributed by atoms with van der Waals surface area (Å²) in [6.45, 7) is 1.47. The monoisotopic (exact) mass is 186 g/mol. The predicted octanol–water partition coefficient (Wildman–Crippen LogP) is 1.81. The third-order valence-electron chi connectivity index (χ3n) is 2.44. The van der Waals surface area contributed by atoms with Gasteiger partial charge in [-0.3, -0.25) is 4.79 Å². The molecule has 3 heteroatoms. The van der Waals surface area contributed by atoms with E-state index in [-0.39, 0.29) is 11.8 Å². The van der Waals surface area contributed by atoms with Gasteiger partial charge in [-0.2, -0.15) is 5.26 Å². The Morgan fingerprint density at radius 1 is 1.64 bits per heavy atom. The lowest BCUT2D eigenvalue weighted by Crippen LogP contribution is -2.19. The summed E-state index contributed by atoms with van der Waals surface area (Å²) in [5, 5.41) is 11.6. The third kappa shape index (κ3) is 1.25. The van der Waals surface area contributed by atoms with E-state index in [0.717, 1.165) is 17.7 Å². The van der Waals surface area contributed by atoms with E-state index in [4.69, 9.17) is 5.26 Å². The van der Waals surface area contributed by atoms with E-state index in [1.165, 1.54) is 12.5 Å². The molecule has 0 spiro atoms. The lowest BCUT2D eigenvalue weighted by molar-refractivity contribution is -0.114. The first kappa shape index (κ1) is 8.76. The number of benzene rings is 1. The van der Waals surface area contributed by atoms with Crippen molar-refractivity contribution >= 4 is 11.6 Å². The highest BCUT2D eigenvalue weighted by molar-refractivity contribution is 5.90. The second kappa shape index (κ2) is 3.15. The Balaban J connectivity index is 2.38. The van der Waals surface area contributed by atoms with Gasteiger partial charge in [-0.15, -0.1) is 0 Å². The lowest BCUT2D eigenvalue weighted by Gasteiger charge is -2.27. The number of hydrogen-bond acceptors (Lipinski definition) is 2. The van der Waals surface area contributed by atoms with Crippen LogP contribution in [0.5, 0.6) is 0 Å². The van der Waals surface area contributed by atoms with Crippen LogP contribution in [0.3, 0.4) is 0 Å². The molecule has 2 rings (SSSR count). The van der Waals surface area contributed by atoms with Crippen LogP contribution in [0.4, 0.5) is 5.69 Å². The van der Waals surface area contributed by atoms with Crippen LogP contribution in [0, 0.1) is 11.3 Å². The normalized spacial score (nSPS) is 17.6. The fraction of sp³-hybridized carbons (Fsp3) is 0.273. The number of nitrogens with zero attached hydrogens (tertiary/aromatic N) is 1. The molecule has 0 saturated heterocycles. The van der Waals surface area contributed by atoms with Gasteiger partial charge in [0.15, 0.2) is 0 Å². The van der Waals surface area contributed by atoms with Gasteiger partial charge in [-0.1, -0.05) is 12.1 Å². The standard InChI is InChI=1S/C11H10N2O/c1-7(14)13-10-4-2-3-8-5-9(6-12)11(8)10/h2-4,9H,5H2,1H3,(H,13,14)/t9-/m0/s1. The van der Waals surface area contributed by atoms with Gasteiger partial charge in [0.1, 0.15) is 0 Å². The van der Waals surface area contributed by atoms with Gasteiger partial charge in [0.25, 0.3) is 0 Å². The molecule has 1 N–H and O–H groups in total. The molecule has 1 aromatic rings. The van der Waals surface area contributed by atoms with Crippen molar-refractivity contribution in [1.29, 1.82) is 5.26 Å². The molecule has 0 unspecified atom stereocenters. The Morgan fingerprint density at radius 3 is 3.07 bits per heavy atom. The van der Waals surface area contributed by atoms with Crippen molar-refractivity contribution in [3.8, 4) is 6.07 Å². The maximum Gasteiger partial charge on any atom is 0.221 e. The van der Waals surface area contributed by atoms with Crippen molar-refractivity contribution in [2.24, 2.45) is 0 Å². The number of nitriles is 1. The number of carbonyl (C=O) groups is 1. The maximum atomic E-state index is 10.9. The summed E-state index contributed by atoms with van der Waals surface area (Å²) >= 11 is 0. The molecule has 1 aliphatic rings. The number of amides is 1. The quantitative estimate of drug-likeness (QED) is 0.727. The van der Waals surface area contributed by atoms with Crippen LogP contribution in [-0.4, -0.2) is 5.91 Å². The van der Waals surface area contributed by atoms with E-state index in [1.807, 2.05) is 18.2 Å². The molecule has 70 valence electrons. The summed E-state index contributed by atoms with van der Waals surface area (Å²) in [7, 11) is 0. The highest BCUT2D eigenvalue weighted by Crippen LogP contribution is 2.39. The smallest absolute Gasteiger partial charge is 0.221 e. The fourth-order valence-corrected chi connectivity index (χ4v) is 1.80. The Hall–Kier alpha value is -1.82. The molecule has 0 aromatic heterocycles. The first-order valence-corrected chi connectivity index (χ1v) is 4.51. The number of anilines is 1. The summed E-state index contributed by atoms with van der Waals surface area (Å²) in [4.78, 5) is 10.9. The molecular formula is C11H10N2O. The first-order chi connectivity index (χ1) is 6.72. The largest absolute Gasteiger partial charge is 0.326 e. The van der Waals surface area contributed by atoms with Crippen LogP contribution in [0.15, 0.2) is 18.2 Å². The zero-order chi connectivity index (χ0) is 10.1. The Bertz CT molecular complexity index is 431. The molecule has 0 aliphatic heterocycles.